The lowest BCUT2D eigenvalue weighted by Crippen LogP contribution is -2.26. The van der Waals surface area contributed by atoms with Crippen LogP contribution < -0.4 is 10.1 Å². The second-order valence-electron chi connectivity index (χ2n) is 7.50. The lowest BCUT2D eigenvalue weighted by Gasteiger charge is -2.11. The first-order valence-electron chi connectivity index (χ1n) is 11.0. The van der Waals surface area contributed by atoms with Gasteiger partial charge in [0.15, 0.2) is 0 Å². The zero-order chi connectivity index (χ0) is 22.9. The molecule has 0 aliphatic carbocycles. The second kappa shape index (κ2) is 11.6. The van der Waals surface area contributed by atoms with Crippen LogP contribution in [0.3, 0.4) is 0 Å². The zero-order valence-electron chi connectivity index (χ0n) is 18.6. The van der Waals surface area contributed by atoms with Crippen molar-refractivity contribution >= 4 is 11.9 Å². The first-order chi connectivity index (χ1) is 15.5. The van der Waals surface area contributed by atoms with Gasteiger partial charge >= 0.3 is 5.97 Å². The number of carbonyl (C=O) groups is 2. The third-order valence-electron chi connectivity index (χ3n) is 5.27. The molecule has 0 saturated carbocycles. The minimum atomic E-state index is -0.646. The van der Waals surface area contributed by atoms with Crippen molar-refractivity contribution in [2.45, 2.75) is 45.6 Å². The van der Waals surface area contributed by atoms with Gasteiger partial charge in [0.2, 0.25) is 0 Å². The van der Waals surface area contributed by atoms with E-state index in [0.29, 0.717) is 51.1 Å². The van der Waals surface area contributed by atoms with E-state index in [1.807, 2.05) is 11.6 Å². The first kappa shape index (κ1) is 23.7. The van der Waals surface area contributed by atoms with Gasteiger partial charge in [0.05, 0.1) is 30.7 Å². The number of aromatic nitrogens is 2. The van der Waals surface area contributed by atoms with Crippen LogP contribution in [0.2, 0.25) is 0 Å². The van der Waals surface area contributed by atoms with Crippen LogP contribution in [-0.2, 0) is 28.9 Å². The SMILES string of the molecule is CCc1nn(CCCOC(=O)c2cc(F)ccc2OC)c2c1C(=O)NCCCOCCC2. The topological polar surface area (TPSA) is 91.7 Å². The number of fused-ring (bicyclic) bond motifs is 1. The number of rotatable bonds is 7. The van der Waals surface area contributed by atoms with Gasteiger partial charge in [0.25, 0.3) is 5.91 Å². The molecule has 1 aromatic carbocycles. The number of esters is 1. The number of nitrogens with one attached hydrogen (secondary N) is 1. The molecular formula is C23H30FN3O5. The minimum absolute atomic E-state index is 0.0463. The highest BCUT2D eigenvalue weighted by Crippen LogP contribution is 2.21. The molecule has 2 heterocycles. The van der Waals surface area contributed by atoms with E-state index in [9.17, 15) is 14.0 Å². The van der Waals surface area contributed by atoms with E-state index in [-0.39, 0.29) is 23.8 Å². The van der Waals surface area contributed by atoms with Crippen LogP contribution in [-0.4, -0.2) is 55.1 Å². The number of hydrogen-bond donors (Lipinski definition) is 1. The van der Waals surface area contributed by atoms with Crippen LogP contribution in [0.1, 0.15) is 58.3 Å². The van der Waals surface area contributed by atoms with E-state index >= 15 is 0 Å². The van der Waals surface area contributed by atoms with E-state index < -0.39 is 11.8 Å². The number of aryl methyl sites for hydroxylation is 2. The number of hydrogen-bond acceptors (Lipinski definition) is 6. The molecule has 0 fully saturated rings. The molecule has 1 aliphatic rings. The summed E-state index contributed by atoms with van der Waals surface area (Å²) in [4.78, 5) is 25.1. The van der Waals surface area contributed by atoms with Gasteiger partial charge in [-0.05, 0) is 43.9 Å². The Kier molecular flexibility index (Phi) is 8.61. The van der Waals surface area contributed by atoms with Crippen LogP contribution in [0.4, 0.5) is 4.39 Å². The molecule has 1 aromatic heterocycles. The summed E-state index contributed by atoms with van der Waals surface area (Å²) in [6, 6.07) is 3.71. The van der Waals surface area contributed by atoms with Crippen LogP contribution >= 0.6 is 0 Å². The molecule has 0 saturated heterocycles. The molecular weight excluding hydrogens is 417 g/mol. The van der Waals surface area contributed by atoms with Crippen LogP contribution in [0, 0.1) is 5.82 Å². The summed E-state index contributed by atoms with van der Waals surface area (Å²) < 4.78 is 31.4. The lowest BCUT2D eigenvalue weighted by atomic mass is 10.1. The highest BCUT2D eigenvalue weighted by molar-refractivity contribution is 5.96. The molecule has 0 atom stereocenters. The summed E-state index contributed by atoms with van der Waals surface area (Å²) in [6.45, 7) is 4.42. The van der Waals surface area contributed by atoms with Gasteiger partial charge < -0.3 is 19.5 Å². The molecule has 1 amide bonds. The van der Waals surface area contributed by atoms with Crippen molar-refractivity contribution in [3.63, 3.8) is 0 Å². The fourth-order valence-corrected chi connectivity index (χ4v) is 3.71. The lowest BCUT2D eigenvalue weighted by molar-refractivity contribution is 0.0490. The number of amides is 1. The molecule has 3 rings (SSSR count). The Morgan fingerprint density at radius 2 is 2.12 bits per heavy atom. The van der Waals surface area contributed by atoms with Gasteiger partial charge in [0, 0.05) is 32.7 Å². The third-order valence-corrected chi connectivity index (χ3v) is 5.27. The van der Waals surface area contributed by atoms with Crippen molar-refractivity contribution < 1.29 is 28.2 Å². The zero-order valence-corrected chi connectivity index (χ0v) is 18.6. The van der Waals surface area contributed by atoms with Crippen molar-refractivity contribution in [3.8, 4) is 5.75 Å². The van der Waals surface area contributed by atoms with E-state index in [1.165, 1.54) is 19.2 Å². The van der Waals surface area contributed by atoms with Crippen molar-refractivity contribution in [1.82, 2.24) is 15.1 Å². The van der Waals surface area contributed by atoms with E-state index in [1.54, 1.807) is 0 Å². The summed E-state index contributed by atoms with van der Waals surface area (Å²) in [5, 5.41) is 7.60. The summed E-state index contributed by atoms with van der Waals surface area (Å²) >= 11 is 0. The number of methoxy groups -OCH3 is 1. The molecule has 174 valence electrons. The van der Waals surface area contributed by atoms with E-state index in [0.717, 1.165) is 30.3 Å². The van der Waals surface area contributed by atoms with Gasteiger partial charge in [0.1, 0.15) is 17.1 Å². The number of benzene rings is 1. The molecule has 32 heavy (non-hydrogen) atoms. The van der Waals surface area contributed by atoms with Crippen LogP contribution in [0.5, 0.6) is 5.75 Å². The third kappa shape index (κ3) is 5.85. The van der Waals surface area contributed by atoms with Crippen LogP contribution in [0.15, 0.2) is 18.2 Å². The molecule has 0 spiro atoms. The van der Waals surface area contributed by atoms with Crippen molar-refractivity contribution in [2.75, 3.05) is 33.5 Å². The fourth-order valence-electron chi connectivity index (χ4n) is 3.71. The van der Waals surface area contributed by atoms with Crippen molar-refractivity contribution in [3.05, 3.63) is 46.5 Å². The van der Waals surface area contributed by atoms with Gasteiger partial charge in [-0.3, -0.25) is 9.48 Å². The van der Waals surface area contributed by atoms with Gasteiger partial charge in [-0.25, -0.2) is 9.18 Å². The monoisotopic (exact) mass is 447 g/mol. The Morgan fingerprint density at radius 1 is 1.31 bits per heavy atom. The Morgan fingerprint density at radius 3 is 2.91 bits per heavy atom. The van der Waals surface area contributed by atoms with E-state index in [2.05, 4.69) is 10.4 Å². The molecule has 1 N–H and O–H groups in total. The predicted molar refractivity (Wildman–Crippen MR) is 116 cm³/mol. The highest BCUT2D eigenvalue weighted by Gasteiger charge is 2.23. The van der Waals surface area contributed by atoms with Gasteiger partial charge in [-0.15, -0.1) is 0 Å². The number of carbonyl (C=O) groups excluding carboxylic acids is 2. The van der Waals surface area contributed by atoms with Gasteiger partial charge in [-0.1, -0.05) is 6.92 Å². The molecule has 9 heteroatoms. The second-order valence-corrected chi connectivity index (χ2v) is 7.50. The summed E-state index contributed by atoms with van der Waals surface area (Å²) in [5.41, 5.74) is 2.34. The quantitative estimate of drug-likeness (QED) is 0.518. The molecule has 0 bridgehead atoms. The van der Waals surface area contributed by atoms with Crippen molar-refractivity contribution in [2.24, 2.45) is 0 Å². The average Bonchev–Trinajstić information content (AvgIpc) is 3.13. The fraction of sp³-hybridized carbons (Fsp3) is 0.522. The largest absolute Gasteiger partial charge is 0.496 e. The maximum Gasteiger partial charge on any atom is 0.342 e. The Hall–Kier alpha value is -2.94. The van der Waals surface area contributed by atoms with E-state index in [4.69, 9.17) is 14.2 Å². The average molecular weight is 448 g/mol. The van der Waals surface area contributed by atoms with Gasteiger partial charge in [-0.2, -0.15) is 5.10 Å². The minimum Gasteiger partial charge on any atom is -0.496 e. The predicted octanol–water partition coefficient (Wildman–Crippen LogP) is 2.92. The molecule has 0 unspecified atom stereocenters. The van der Waals surface area contributed by atoms with Crippen molar-refractivity contribution in [1.29, 1.82) is 0 Å². The van der Waals surface area contributed by atoms with Crippen LogP contribution in [0.25, 0.3) is 0 Å². The number of nitrogens with zero attached hydrogens (tertiary/aromatic N) is 2. The molecule has 0 radical (unpaired) electrons. The Bertz CT molecular complexity index is 944. The normalized spacial score (nSPS) is 14.8. The summed E-state index contributed by atoms with van der Waals surface area (Å²) in [6.07, 6.45) is 3.39. The number of halogens is 1. The number of ether oxygens (including phenoxy) is 3. The standard InChI is InChI=1S/C23H30FN3O5/c1-3-18-21-19(7-4-12-31-13-5-10-25-22(21)28)27(26-18)11-6-14-32-23(29)17-15-16(24)8-9-20(17)30-2/h8-9,15H,3-7,10-14H2,1-2H3,(H,25,28). The highest BCUT2D eigenvalue weighted by atomic mass is 19.1. The molecule has 1 aliphatic heterocycles. The summed E-state index contributed by atoms with van der Waals surface area (Å²) in [7, 11) is 1.41. The molecule has 2 aromatic rings. The Labute approximate surface area is 187 Å². The maximum absolute atomic E-state index is 13.5. The smallest absolute Gasteiger partial charge is 0.342 e. The Balaban J connectivity index is 1.67. The molecule has 8 nitrogen and oxygen atoms in total. The summed E-state index contributed by atoms with van der Waals surface area (Å²) in [5.74, 6) is -1.03. The first-order valence-corrected chi connectivity index (χ1v) is 11.0. The maximum atomic E-state index is 13.5.